The second kappa shape index (κ2) is 6.14. The summed E-state index contributed by atoms with van der Waals surface area (Å²) in [7, 11) is 1.75. The Labute approximate surface area is 123 Å². The van der Waals surface area contributed by atoms with Crippen molar-refractivity contribution in [1.29, 1.82) is 0 Å². The molecular formula is C12H13BrN4OS. The summed E-state index contributed by atoms with van der Waals surface area (Å²) in [5.74, 6) is 5.27. The van der Waals surface area contributed by atoms with Crippen molar-refractivity contribution < 1.29 is 4.79 Å². The zero-order valence-electron chi connectivity index (χ0n) is 10.3. The lowest BCUT2D eigenvalue weighted by molar-refractivity contribution is 0.0787. The minimum atomic E-state index is -0.120. The fraction of sp³-hybridized carbons (Fsp3) is 0.167. The molecule has 5 nitrogen and oxygen atoms in total. The maximum absolute atomic E-state index is 12.3. The van der Waals surface area contributed by atoms with Gasteiger partial charge in [-0.2, -0.15) is 0 Å². The number of nitrogens with one attached hydrogen (secondary N) is 1. The van der Waals surface area contributed by atoms with Crippen molar-refractivity contribution in [1.82, 2.24) is 9.88 Å². The van der Waals surface area contributed by atoms with E-state index in [-0.39, 0.29) is 5.91 Å². The first-order chi connectivity index (χ1) is 9.11. The normalized spacial score (nSPS) is 10.3. The van der Waals surface area contributed by atoms with Gasteiger partial charge in [-0.25, -0.2) is 0 Å². The number of carbonyl (C=O) groups excluding carboxylic acids is 1. The predicted molar refractivity (Wildman–Crippen MR) is 79.9 cm³/mol. The molecule has 0 aliphatic rings. The summed E-state index contributed by atoms with van der Waals surface area (Å²) in [6, 6.07) is 3.67. The highest BCUT2D eigenvalue weighted by molar-refractivity contribution is 9.10. The number of hydrazine groups is 1. The van der Waals surface area contributed by atoms with Crippen molar-refractivity contribution in [3.8, 4) is 0 Å². The fourth-order valence-electron chi connectivity index (χ4n) is 1.64. The Balaban J connectivity index is 2.14. The van der Waals surface area contributed by atoms with E-state index in [1.165, 1.54) is 6.20 Å². The SMILES string of the molecule is CN(Cc1cc(Br)cs1)C(=O)c1cnccc1NN. The first-order valence-corrected chi connectivity index (χ1v) is 7.18. The van der Waals surface area contributed by atoms with E-state index in [9.17, 15) is 4.79 Å². The number of thiophene rings is 1. The number of hydrogen-bond acceptors (Lipinski definition) is 5. The Morgan fingerprint density at radius 1 is 1.63 bits per heavy atom. The number of hydrogen-bond donors (Lipinski definition) is 2. The Kier molecular flexibility index (Phi) is 4.52. The molecule has 0 fully saturated rings. The van der Waals surface area contributed by atoms with Crippen molar-refractivity contribution in [2.75, 3.05) is 12.5 Å². The number of carbonyl (C=O) groups is 1. The number of aromatic nitrogens is 1. The van der Waals surface area contributed by atoms with Crippen molar-refractivity contribution in [2.24, 2.45) is 5.84 Å². The molecule has 2 heterocycles. The van der Waals surface area contributed by atoms with Crippen LogP contribution in [-0.4, -0.2) is 22.8 Å². The number of rotatable bonds is 4. The lowest BCUT2D eigenvalue weighted by Crippen LogP contribution is -2.27. The second-order valence-corrected chi connectivity index (χ2v) is 5.87. The van der Waals surface area contributed by atoms with Gasteiger partial charge in [0.25, 0.3) is 5.91 Å². The Bertz CT molecular complexity index is 587. The summed E-state index contributed by atoms with van der Waals surface area (Å²) in [5, 5.41) is 1.99. The average molecular weight is 341 g/mol. The molecule has 3 N–H and O–H groups in total. The van der Waals surface area contributed by atoms with Crippen molar-refractivity contribution in [3.63, 3.8) is 0 Å². The molecule has 0 bridgehead atoms. The molecule has 0 saturated heterocycles. The third kappa shape index (κ3) is 3.31. The molecule has 0 aliphatic heterocycles. The van der Waals surface area contributed by atoms with E-state index in [0.717, 1.165) is 9.35 Å². The molecule has 0 saturated carbocycles. The molecule has 100 valence electrons. The molecule has 0 radical (unpaired) electrons. The van der Waals surface area contributed by atoms with Crippen LogP contribution < -0.4 is 11.3 Å². The van der Waals surface area contributed by atoms with Gasteiger partial charge in [-0.15, -0.1) is 11.3 Å². The molecule has 1 amide bonds. The van der Waals surface area contributed by atoms with E-state index in [4.69, 9.17) is 5.84 Å². The summed E-state index contributed by atoms with van der Waals surface area (Å²) >= 11 is 5.00. The van der Waals surface area contributed by atoms with Crippen molar-refractivity contribution in [3.05, 3.63) is 44.8 Å². The van der Waals surface area contributed by atoms with Crippen LogP contribution in [0.4, 0.5) is 5.69 Å². The van der Waals surface area contributed by atoms with E-state index < -0.39 is 0 Å². The first kappa shape index (κ1) is 14.0. The minimum Gasteiger partial charge on any atom is -0.336 e. The summed E-state index contributed by atoms with van der Waals surface area (Å²) in [5.41, 5.74) is 3.54. The quantitative estimate of drug-likeness (QED) is 0.662. The summed E-state index contributed by atoms with van der Waals surface area (Å²) in [6.07, 6.45) is 3.10. The average Bonchev–Trinajstić information content (AvgIpc) is 2.83. The van der Waals surface area contributed by atoms with Crippen LogP contribution in [0.1, 0.15) is 15.2 Å². The molecule has 2 rings (SSSR count). The van der Waals surface area contributed by atoms with Crippen LogP contribution in [0, 0.1) is 0 Å². The van der Waals surface area contributed by atoms with Gasteiger partial charge < -0.3 is 10.3 Å². The lowest BCUT2D eigenvalue weighted by Gasteiger charge is -2.17. The Morgan fingerprint density at radius 3 is 3.05 bits per heavy atom. The zero-order valence-corrected chi connectivity index (χ0v) is 12.7. The number of halogens is 1. The smallest absolute Gasteiger partial charge is 0.257 e. The monoisotopic (exact) mass is 340 g/mol. The number of nitrogens with zero attached hydrogens (tertiary/aromatic N) is 2. The zero-order chi connectivity index (χ0) is 13.8. The third-order valence-electron chi connectivity index (χ3n) is 2.57. The maximum Gasteiger partial charge on any atom is 0.257 e. The van der Waals surface area contributed by atoms with Gasteiger partial charge in [-0.05, 0) is 28.1 Å². The van der Waals surface area contributed by atoms with E-state index in [2.05, 4.69) is 26.3 Å². The van der Waals surface area contributed by atoms with Crippen LogP contribution in [0.3, 0.4) is 0 Å². The van der Waals surface area contributed by atoms with Gasteiger partial charge in [0, 0.05) is 34.2 Å². The van der Waals surface area contributed by atoms with Crippen LogP contribution in [-0.2, 0) is 6.54 Å². The van der Waals surface area contributed by atoms with Crippen LogP contribution in [0.5, 0.6) is 0 Å². The standard InChI is InChI=1S/C12H13BrN4OS/c1-17(6-9-4-8(13)7-19-9)12(18)10-5-15-3-2-11(10)16-14/h2-5,7H,6,14H2,1H3,(H,15,16). The van der Waals surface area contributed by atoms with E-state index in [0.29, 0.717) is 17.8 Å². The number of nitrogen functional groups attached to an aromatic ring is 1. The van der Waals surface area contributed by atoms with Gasteiger partial charge in [0.05, 0.1) is 17.8 Å². The van der Waals surface area contributed by atoms with Gasteiger partial charge in [0.2, 0.25) is 0 Å². The second-order valence-electron chi connectivity index (χ2n) is 3.96. The molecule has 2 aromatic heterocycles. The molecule has 2 aromatic rings. The largest absolute Gasteiger partial charge is 0.336 e. The molecule has 0 spiro atoms. The highest BCUT2D eigenvalue weighted by atomic mass is 79.9. The molecule has 0 aliphatic carbocycles. The number of pyridine rings is 1. The van der Waals surface area contributed by atoms with Crippen LogP contribution in [0.2, 0.25) is 0 Å². The molecule has 19 heavy (non-hydrogen) atoms. The molecular weight excluding hydrogens is 328 g/mol. The Morgan fingerprint density at radius 2 is 2.42 bits per heavy atom. The lowest BCUT2D eigenvalue weighted by atomic mass is 10.2. The van der Waals surface area contributed by atoms with Gasteiger partial charge in [-0.3, -0.25) is 15.6 Å². The summed E-state index contributed by atoms with van der Waals surface area (Å²) in [6.45, 7) is 0.550. The Hall–Kier alpha value is -1.44. The number of anilines is 1. The highest BCUT2D eigenvalue weighted by Crippen LogP contribution is 2.22. The predicted octanol–water partition coefficient (Wildman–Crippen LogP) is 2.46. The van der Waals surface area contributed by atoms with Crippen LogP contribution in [0.25, 0.3) is 0 Å². The fourth-order valence-corrected chi connectivity index (χ4v) is 3.14. The topological polar surface area (TPSA) is 71.2 Å². The van der Waals surface area contributed by atoms with E-state index >= 15 is 0 Å². The van der Waals surface area contributed by atoms with Gasteiger partial charge >= 0.3 is 0 Å². The third-order valence-corrected chi connectivity index (χ3v) is 4.25. The summed E-state index contributed by atoms with van der Waals surface area (Å²) < 4.78 is 1.03. The maximum atomic E-state index is 12.3. The minimum absolute atomic E-state index is 0.120. The van der Waals surface area contributed by atoms with Crippen LogP contribution >= 0.6 is 27.3 Å². The van der Waals surface area contributed by atoms with Crippen molar-refractivity contribution >= 4 is 38.9 Å². The number of nitrogens with two attached hydrogens (primary N) is 1. The van der Waals surface area contributed by atoms with E-state index in [1.54, 1.807) is 35.5 Å². The number of amides is 1. The molecule has 0 atom stereocenters. The van der Waals surface area contributed by atoms with E-state index in [1.807, 2.05) is 11.4 Å². The van der Waals surface area contributed by atoms with Gasteiger partial charge in [-0.1, -0.05) is 0 Å². The summed E-state index contributed by atoms with van der Waals surface area (Å²) in [4.78, 5) is 19.0. The van der Waals surface area contributed by atoms with Crippen LogP contribution in [0.15, 0.2) is 34.4 Å². The van der Waals surface area contributed by atoms with Gasteiger partial charge in [0.15, 0.2) is 0 Å². The van der Waals surface area contributed by atoms with Gasteiger partial charge in [0.1, 0.15) is 0 Å². The molecule has 7 heteroatoms. The first-order valence-electron chi connectivity index (χ1n) is 5.51. The highest BCUT2D eigenvalue weighted by Gasteiger charge is 2.16. The molecule has 0 unspecified atom stereocenters. The van der Waals surface area contributed by atoms with Crippen molar-refractivity contribution in [2.45, 2.75) is 6.54 Å². The molecule has 0 aromatic carbocycles.